The van der Waals surface area contributed by atoms with Crippen LogP contribution in [0.2, 0.25) is 5.02 Å². The molecular weight excluding hydrogens is 288 g/mol. The van der Waals surface area contributed by atoms with Gasteiger partial charge in [0.05, 0.1) is 18.2 Å². The predicted molar refractivity (Wildman–Crippen MR) is 82.4 cm³/mol. The van der Waals surface area contributed by atoms with Gasteiger partial charge < -0.3 is 9.47 Å². The predicted octanol–water partition coefficient (Wildman–Crippen LogP) is 4.23. The van der Waals surface area contributed by atoms with Gasteiger partial charge >= 0.3 is 0 Å². The highest BCUT2D eigenvalue weighted by atomic mass is 35.5. The van der Waals surface area contributed by atoms with Crippen LogP contribution in [0, 0.1) is 5.92 Å². The lowest BCUT2D eigenvalue weighted by Gasteiger charge is -2.10. The van der Waals surface area contributed by atoms with Crippen molar-refractivity contribution in [3.8, 4) is 22.6 Å². The quantitative estimate of drug-likeness (QED) is 0.779. The monoisotopic (exact) mass is 302 g/mol. The summed E-state index contributed by atoms with van der Waals surface area (Å²) in [6.45, 7) is 3.38. The first kappa shape index (κ1) is 14.0. The fraction of sp³-hybridized carbons (Fsp3) is 0.235. The van der Waals surface area contributed by atoms with Crippen molar-refractivity contribution in [2.24, 2.45) is 5.92 Å². The molecule has 1 heterocycles. The van der Waals surface area contributed by atoms with Crippen molar-refractivity contribution in [3.63, 3.8) is 0 Å². The van der Waals surface area contributed by atoms with Gasteiger partial charge in [-0.05, 0) is 35.4 Å². The van der Waals surface area contributed by atoms with Crippen molar-refractivity contribution in [1.82, 2.24) is 0 Å². The molecule has 0 bridgehead atoms. The van der Waals surface area contributed by atoms with E-state index < -0.39 is 0 Å². The topological polar surface area (TPSA) is 35.5 Å². The van der Waals surface area contributed by atoms with Crippen molar-refractivity contribution in [2.75, 3.05) is 13.2 Å². The molecule has 1 atom stereocenters. The van der Waals surface area contributed by atoms with E-state index in [2.05, 4.69) is 6.92 Å². The van der Waals surface area contributed by atoms with Crippen LogP contribution >= 0.6 is 11.6 Å². The number of hydrogen-bond acceptors (Lipinski definition) is 3. The first-order valence-electron chi connectivity index (χ1n) is 6.82. The number of fused-ring (bicyclic) bond motifs is 1. The summed E-state index contributed by atoms with van der Waals surface area (Å²) >= 11 is 5.96. The molecule has 0 saturated heterocycles. The number of ether oxygens (including phenoxy) is 2. The third-order valence-electron chi connectivity index (χ3n) is 3.45. The summed E-state index contributed by atoms with van der Waals surface area (Å²) < 4.78 is 11.5. The fourth-order valence-electron chi connectivity index (χ4n) is 2.25. The Morgan fingerprint density at radius 2 is 1.71 bits per heavy atom. The van der Waals surface area contributed by atoms with Crippen molar-refractivity contribution < 1.29 is 14.3 Å². The third-order valence-corrected chi connectivity index (χ3v) is 3.79. The maximum atomic E-state index is 11.0. The number of carbonyl (C=O) groups is 1. The Morgan fingerprint density at radius 3 is 2.48 bits per heavy atom. The summed E-state index contributed by atoms with van der Waals surface area (Å²) in [6.07, 6.45) is 0.760. The van der Waals surface area contributed by atoms with Crippen LogP contribution in [0.4, 0.5) is 0 Å². The van der Waals surface area contributed by atoms with Crippen LogP contribution in [-0.2, 0) is 0 Å². The molecule has 108 valence electrons. The number of hydrogen-bond donors (Lipinski definition) is 0. The third kappa shape index (κ3) is 2.88. The smallest absolute Gasteiger partial charge is 0.161 e. The highest BCUT2D eigenvalue weighted by Crippen LogP contribution is 2.35. The molecule has 0 aliphatic carbocycles. The summed E-state index contributed by atoms with van der Waals surface area (Å²) in [7, 11) is 0. The van der Waals surface area contributed by atoms with Gasteiger partial charge in [-0.3, -0.25) is 4.79 Å². The zero-order valence-corrected chi connectivity index (χ0v) is 12.4. The molecule has 0 fully saturated rings. The maximum Gasteiger partial charge on any atom is 0.161 e. The van der Waals surface area contributed by atoms with Gasteiger partial charge in [-0.25, -0.2) is 0 Å². The van der Waals surface area contributed by atoms with Gasteiger partial charge in [0.25, 0.3) is 0 Å². The van der Waals surface area contributed by atoms with Crippen molar-refractivity contribution in [1.29, 1.82) is 0 Å². The number of aldehydes is 1. The molecule has 4 heteroatoms. The molecule has 2 aromatic rings. The Kier molecular flexibility index (Phi) is 3.84. The van der Waals surface area contributed by atoms with Gasteiger partial charge in [-0.1, -0.05) is 30.7 Å². The largest absolute Gasteiger partial charge is 0.489 e. The van der Waals surface area contributed by atoms with Crippen LogP contribution in [0.15, 0.2) is 36.4 Å². The average molecular weight is 303 g/mol. The van der Waals surface area contributed by atoms with E-state index in [4.69, 9.17) is 21.1 Å². The lowest BCUT2D eigenvalue weighted by atomic mass is 10.0. The Balaban J connectivity index is 1.99. The Hall–Kier alpha value is -2.00. The van der Waals surface area contributed by atoms with Crippen LogP contribution < -0.4 is 9.47 Å². The van der Waals surface area contributed by atoms with Crippen LogP contribution in [0.25, 0.3) is 11.1 Å². The first-order chi connectivity index (χ1) is 10.2. The minimum atomic E-state index is 0.359. The van der Waals surface area contributed by atoms with Gasteiger partial charge in [0.15, 0.2) is 17.8 Å². The van der Waals surface area contributed by atoms with E-state index in [9.17, 15) is 4.79 Å². The number of benzene rings is 2. The first-order valence-corrected chi connectivity index (χ1v) is 7.20. The van der Waals surface area contributed by atoms with E-state index in [1.54, 1.807) is 12.1 Å². The second-order valence-corrected chi connectivity index (χ2v) is 5.65. The van der Waals surface area contributed by atoms with Gasteiger partial charge in [-0.15, -0.1) is 0 Å². The molecule has 0 N–H and O–H groups in total. The van der Waals surface area contributed by atoms with E-state index in [0.717, 1.165) is 28.9 Å². The van der Waals surface area contributed by atoms with Crippen LogP contribution in [0.5, 0.6) is 11.5 Å². The maximum absolute atomic E-state index is 11.0. The zero-order valence-electron chi connectivity index (χ0n) is 11.6. The van der Waals surface area contributed by atoms with Crippen LogP contribution in [-0.4, -0.2) is 19.5 Å². The van der Waals surface area contributed by atoms with Crippen molar-refractivity contribution in [2.45, 2.75) is 6.92 Å². The summed E-state index contributed by atoms with van der Waals surface area (Å²) in [4.78, 5) is 11.0. The molecule has 1 aliphatic heterocycles. The Morgan fingerprint density at radius 1 is 1.05 bits per heavy atom. The Bertz CT molecular complexity index is 682. The molecule has 21 heavy (non-hydrogen) atoms. The number of carbonyl (C=O) groups excluding carboxylic acids is 1. The van der Waals surface area contributed by atoms with E-state index in [1.807, 2.05) is 24.3 Å². The van der Waals surface area contributed by atoms with Crippen molar-refractivity contribution >= 4 is 17.9 Å². The molecule has 2 aromatic carbocycles. The van der Waals surface area contributed by atoms with Gasteiger partial charge in [0.2, 0.25) is 0 Å². The average Bonchev–Trinajstić information content (AvgIpc) is 2.69. The summed E-state index contributed by atoms with van der Waals surface area (Å²) in [6, 6.07) is 11.2. The molecular formula is C17H15ClO3. The fourth-order valence-corrected chi connectivity index (χ4v) is 2.41. The molecule has 1 aliphatic rings. The number of halogens is 1. The second kappa shape index (κ2) is 5.78. The molecule has 0 saturated carbocycles. The standard InChI is InChI=1S/C17H15ClO3/c1-11-9-20-16-5-3-13(7-17(16)21-10-11)12-2-4-15(18)14(6-12)8-19/h2-8,11H,9-10H2,1H3. The summed E-state index contributed by atoms with van der Waals surface area (Å²) in [5.41, 5.74) is 2.37. The van der Waals surface area contributed by atoms with E-state index >= 15 is 0 Å². The minimum Gasteiger partial charge on any atom is -0.489 e. The highest BCUT2D eigenvalue weighted by molar-refractivity contribution is 6.33. The molecule has 3 nitrogen and oxygen atoms in total. The van der Waals surface area contributed by atoms with Crippen LogP contribution in [0.1, 0.15) is 17.3 Å². The van der Waals surface area contributed by atoms with E-state index in [1.165, 1.54) is 0 Å². The van der Waals surface area contributed by atoms with Crippen LogP contribution in [0.3, 0.4) is 0 Å². The molecule has 0 radical (unpaired) electrons. The van der Waals surface area contributed by atoms with Gasteiger partial charge in [0, 0.05) is 11.5 Å². The molecule has 1 unspecified atom stereocenters. The molecule has 0 spiro atoms. The zero-order chi connectivity index (χ0) is 14.8. The summed E-state index contributed by atoms with van der Waals surface area (Å²) in [5, 5.41) is 0.455. The molecule has 0 aromatic heterocycles. The highest BCUT2D eigenvalue weighted by Gasteiger charge is 2.15. The number of rotatable bonds is 2. The molecule has 0 amide bonds. The SMILES string of the molecule is CC1COc2ccc(-c3ccc(Cl)c(C=O)c3)cc2OC1. The normalized spacial score (nSPS) is 17.1. The lowest BCUT2D eigenvalue weighted by Crippen LogP contribution is -2.12. The minimum absolute atomic E-state index is 0.359. The molecule has 3 rings (SSSR count). The van der Waals surface area contributed by atoms with Crippen molar-refractivity contribution in [3.05, 3.63) is 47.0 Å². The lowest BCUT2D eigenvalue weighted by molar-refractivity contribution is 0.112. The van der Waals surface area contributed by atoms with Gasteiger partial charge in [-0.2, -0.15) is 0 Å². The summed E-state index contributed by atoms with van der Waals surface area (Å²) in [5.74, 6) is 1.85. The van der Waals surface area contributed by atoms with E-state index in [0.29, 0.717) is 29.7 Å². The Labute approximate surface area is 128 Å². The second-order valence-electron chi connectivity index (χ2n) is 5.24. The van der Waals surface area contributed by atoms with Gasteiger partial charge in [0.1, 0.15) is 0 Å². The van der Waals surface area contributed by atoms with E-state index in [-0.39, 0.29) is 0 Å².